The second kappa shape index (κ2) is 6.50. The summed E-state index contributed by atoms with van der Waals surface area (Å²) in [7, 11) is 3.06. The Kier molecular flexibility index (Phi) is 4.14. The van der Waals surface area contributed by atoms with Crippen molar-refractivity contribution in [2.75, 3.05) is 19.5 Å². The number of nitrogens with zero attached hydrogens (tertiary/aromatic N) is 1. The Balaban J connectivity index is 1.87. The van der Waals surface area contributed by atoms with Crippen molar-refractivity contribution in [3.63, 3.8) is 0 Å². The summed E-state index contributed by atoms with van der Waals surface area (Å²) in [6.07, 6.45) is 4.92. The second-order valence-corrected chi connectivity index (χ2v) is 6.74. The van der Waals surface area contributed by atoms with Crippen molar-refractivity contribution < 1.29 is 19.5 Å². The number of phenolic OH excluding ortho intramolecular Hbond substituents is 1. The van der Waals surface area contributed by atoms with Crippen LogP contribution in [0.2, 0.25) is 0 Å². The molecule has 0 bridgehead atoms. The number of hydrogen-bond donors (Lipinski definition) is 2. The van der Waals surface area contributed by atoms with Gasteiger partial charge >= 0.3 is 0 Å². The molecule has 0 amide bonds. The predicted molar refractivity (Wildman–Crippen MR) is 101 cm³/mol. The number of methoxy groups -OCH3 is 2. The van der Waals surface area contributed by atoms with Gasteiger partial charge in [-0.3, -0.25) is 10.1 Å². The Morgan fingerprint density at radius 3 is 2.67 bits per heavy atom. The van der Waals surface area contributed by atoms with Gasteiger partial charge < -0.3 is 19.9 Å². The van der Waals surface area contributed by atoms with Gasteiger partial charge in [0.2, 0.25) is 0 Å². The first-order chi connectivity index (χ1) is 13.0. The zero-order chi connectivity index (χ0) is 19.1. The van der Waals surface area contributed by atoms with Crippen LogP contribution in [0.25, 0.3) is 0 Å². The van der Waals surface area contributed by atoms with Crippen molar-refractivity contribution in [2.24, 2.45) is 5.92 Å². The van der Waals surface area contributed by atoms with E-state index in [9.17, 15) is 15.2 Å². The number of ether oxygens (including phenoxy) is 2. The van der Waals surface area contributed by atoms with E-state index < -0.39 is 0 Å². The normalized spacial score (nSPS) is 22.5. The number of benzene rings is 2. The van der Waals surface area contributed by atoms with Gasteiger partial charge in [0.05, 0.1) is 36.4 Å². The fraction of sp³-hybridized carbons (Fsp3) is 0.300. The molecule has 2 N–H and O–H groups in total. The van der Waals surface area contributed by atoms with Gasteiger partial charge in [-0.25, -0.2) is 0 Å². The largest absolute Gasteiger partial charge is 0.504 e. The van der Waals surface area contributed by atoms with E-state index in [0.29, 0.717) is 22.7 Å². The first-order valence-corrected chi connectivity index (χ1v) is 8.70. The van der Waals surface area contributed by atoms with E-state index in [-0.39, 0.29) is 34.2 Å². The fourth-order valence-corrected chi connectivity index (χ4v) is 4.21. The van der Waals surface area contributed by atoms with Crippen LogP contribution in [0, 0.1) is 16.0 Å². The maximum atomic E-state index is 11.6. The molecule has 3 atom stereocenters. The average Bonchev–Trinajstić information content (AvgIpc) is 3.16. The van der Waals surface area contributed by atoms with Gasteiger partial charge in [-0.1, -0.05) is 18.2 Å². The highest BCUT2D eigenvalue weighted by Gasteiger charge is 2.43. The summed E-state index contributed by atoms with van der Waals surface area (Å²) in [5.41, 5.74) is 2.36. The zero-order valence-electron chi connectivity index (χ0n) is 15.0. The third-order valence-corrected chi connectivity index (χ3v) is 5.44. The lowest BCUT2D eigenvalue weighted by Crippen LogP contribution is -2.30. The van der Waals surface area contributed by atoms with Crippen molar-refractivity contribution in [3.05, 3.63) is 63.7 Å². The highest BCUT2D eigenvalue weighted by molar-refractivity contribution is 5.73. The van der Waals surface area contributed by atoms with Crippen LogP contribution in [0.4, 0.5) is 11.4 Å². The molecule has 0 radical (unpaired) electrons. The number of aromatic hydroxyl groups is 1. The molecule has 0 aromatic heterocycles. The third-order valence-electron chi connectivity index (χ3n) is 5.44. The van der Waals surface area contributed by atoms with E-state index in [1.165, 1.54) is 13.2 Å². The first-order valence-electron chi connectivity index (χ1n) is 8.70. The van der Waals surface area contributed by atoms with Crippen LogP contribution in [0.3, 0.4) is 0 Å². The number of nitro benzene ring substituents is 1. The highest BCUT2D eigenvalue weighted by atomic mass is 16.6. The van der Waals surface area contributed by atoms with Gasteiger partial charge in [0, 0.05) is 12.0 Å². The number of anilines is 1. The van der Waals surface area contributed by atoms with Crippen molar-refractivity contribution in [2.45, 2.75) is 18.4 Å². The SMILES string of the molecule is COc1cc(C2Nc3c(OC)ccc([N+](=O)[O-])c3C3C=CCC32)ccc1O. The molecule has 3 unspecified atom stereocenters. The second-order valence-electron chi connectivity index (χ2n) is 6.74. The molecule has 7 heteroatoms. The number of rotatable bonds is 4. The summed E-state index contributed by atoms with van der Waals surface area (Å²) in [6.45, 7) is 0. The van der Waals surface area contributed by atoms with E-state index in [0.717, 1.165) is 12.0 Å². The first kappa shape index (κ1) is 17.2. The minimum absolute atomic E-state index is 0.0757. The topological polar surface area (TPSA) is 93.9 Å². The number of phenols is 1. The lowest BCUT2D eigenvalue weighted by Gasteiger charge is -2.37. The average molecular weight is 368 g/mol. The number of hydrogen-bond acceptors (Lipinski definition) is 6. The van der Waals surface area contributed by atoms with Crippen LogP contribution < -0.4 is 14.8 Å². The summed E-state index contributed by atoms with van der Waals surface area (Å²) < 4.78 is 10.7. The van der Waals surface area contributed by atoms with Gasteiger partial charge in [0.25, 0.3) is 5.69 Å². The Labute approximate surface area is 156 Å². The maximum absolute atomic E-state index is 11.6. The quantitative estimate of drug-likeness (QED) is 0.478. The van der Waals surface area contributed by atoms with Crippen LogP contribution in [-0.4, -0.2) is 24.2 Å². The number of nitrogens with one attached hydrogen (secondary N) is 1. The molecule has 0 fully saturated rings. The van der Waals surface area contributed by atoms with E-state index in [4.69, 9.17) is 9.47 Å². The molecule has 0 spiro atoms. The monoisotopic (exact) mass is 368 g/mol. The molecule has 1 aliphatic carbocycles. The number of fused-ring (bicyclic) bond motifs is 3. The van der Waals surface area contributed by atoms with Gasteiger partial charge in [-0.05, 0) is 36.1 Å². The van der Waals surface area contributed by atoms with Crippen LogP contribution in [0.5, 0.6) is 17.2 Å². The molecule has 2 aromatic carbocycles. The lowest BCUT2D eigenvalue weighted by atomic mass is 9.76. The Bertz CT molecular complexity index is 940. The van der Waals surface area contributed by atoms with Crippen molar-refractivity contribution >= 4 is 11.4 Å². The highest BCUT2D eigenvalue weighted by Crippen LogP contribution is 2.55. The molecular weight excluding hydrogens is 348 g/mol. The van der Waals surface area contributed by atoms with Crippen molar-refractivity contribution in [1.82, 2.24) is 0 Å². The summed E-state index contributed by atoms with van der Waals surface area (Å²) in [5, 5.41) is 25.0. The summed E-state index contributed by atoms with van der Waals surface area (Å²) in [5.74, 6) is 1.09. The summed E-state index contributed by atoms with van der Waals surface area (Å²) in [6, 6.07) is 8.29. The van der Waals surface area contributed by atoms with E-state index in [1.807, 2.05) is 12.1 Å². The Morgan fingerprint density at radius 2 is 1.96 bits per heavy atom. The van der Waals surface area contributed by atoms with Gasteiger partial charge in [0.1, 0.15) is 5.75 Å². The summed E-state index contributed by atoms with van der Waals surface area (Å²) >= 11 is 0. The van der Waals surface area contributed by atoms with Crippen LogP contribution in [0.15, 0.2) is 42.5 Å². The third kappa shape index (κ3) is 2.66. The molecule has 0 saturated heterocycles. The van der Waals surface area contributed by atoms with Crippen LogP contribution >= 0.6 is 0 Å². The minimum Gasteiger partial charge on any atom is -0.504 e. The molecular formula is C20H20N2O5. The van der Waals surface area contributed by atoms with E-state index in [2.05, 4.69) is 11.4 Å². The standard InChI is InChI=1S/C20H20N2O5/c1-26-16-9-7-14(22(24)25)18-12-4-3-5-13(12)19(21-20(16)18)11-6-8-15(23)17(10-11)27-2/h3-4,6-10,12-13,19,21,23H,5H2,1-2H3. The van der Waals surface area contributed by atoms with Gasteiger partial charge in [0.15, 0.2) is 11.5 Å². The van der Waals surface area contributed by atoms with E-state index in [1.54, 1.807) is 25.3 Å². The zero-order valence-corrected chi connectivity index (χ0v) is 15.0. The Morgan fingerprint density at radius 1 is 1.19 bits per heavy atom. The van der Waals surface area contributed by atoms with Crippen LogP contribution in [0.1, 0.15) is 29.5 Å². The molecule has 2 aliphatic rings. The molecule has 1 aliphatic heterocycles. The van der Waals surface area contributed by atoms with Crippen molar-refractivity contribution in [3.8, 4) is 17.2 Å². The van der Waals surface area contributed by atoms with Gasteiger partial charge in [-0.2, -0.15) is 0 Å². The Hall–Kier alpha value is -3.22. The molecule has 1 heterocycles. The van der Waals surface area contributed by atoms with Crippen molar-refractivity contribution in [1.29, 1.82) is 0 Å². The molecule has 0 saturated carbocycles. The maximum Gasteiger partial charge on any atom is 0.275 e. The minimum atomic E-state index is -0.340. The smallest absolute Gasteiger partial charge is 0.275 e. The summed E-state index contributed by atoms with van der Waals surface area (Å²) in [4.78, 5) is 11.3. The lowest BCUT2D eigenvalue weighted by molar-refractivity contribution is -0.385. The molecule has 7 nitrogen and oxygen atoms in total. The number of nitro groups is 1. The van der Waals surface area contributed by atoms with E-state index >= 15 is 0 Å². The van der Waals surface area contributed by atoms with Gasteiger partial charge in [-0.15, -0.1) is 0 Å². The molecule has 140 valence electrons. The number of allylic oxidation sites excluding steroid dienone is 2. The molecule has 2 aromatic rings. The molecule has 4 rings (SSSR count). The van der Waals surface area contributed by atoms with Crippen LogP contribution in [-0.2, 0) is 0 Å². The predicted octanol–water partition coefficient (Wildman–Crippen LogP) is 4.14. The molecule has 27 heavy (non-hydrogen) atoms. The fourth-order valence-electron chi connectivity index (χ4n) is 4.21.